The summed E-state index contributed by atoms with van der Waals surface area (Å²) in [5.74, 6) is -1.00. The van der Waals surface area contributed by atoms with Gasteiger partial charge in [-0.1, -0.05) is 61.9 Å². The molecule has 0 saturated heterocycles. The van der Waals surface area contributed by atoms with Crippen molar-refractivity contribution in [1.29, 1.82) is 0 Å². The number of aromatic nitrogens is 1. The highest BCUT2D eigenvalue weighted by Gasteiger charge is 2.44. The number of anilines is 1. The van der Waals surface area contributed by atoms with Gasteiger partial charge in [0.2, 0.25) is 0 Å². The molecule has 1 atom stereocenters. The number of ketones is 1. The second-order valence-electron chi connectivity index (χ2n) is 7.54. The Labute approximate surface area is 196 Å². The lowest BCUT2D eigenvalue weighted by atomic mass is 9.95. The second-order valence-corrected chi connectivity index (χ2v) is 8.41. The van der Waals surface area contributed by atoms with Crippen LogP contribution in [0.15, 0.2) is 83.6 Å². The number of benzene rings is 2. The zero-order valence-electron chi connectivity index (χ0n) is 18.2. The first-order valence-electron chi connectivity index (χ1n) is 10.8. The Kier molecular flexibility index (Phi) is 7.00. The minimum Gasteiger partial charge on any atom is -0.503 e. The molecule has 1 unspecified atom stereocenters. The maximum atomic E-state index is 13.2. The highest BCUT2D eigenvalue weighted by Crippen LogP contribution is 2.42. The number of ether oxygens (including phenoxy) is 1. The molecule has 1 aliphatic heterocycles. The number of nitrogens with zero attached hydrogens (tertiary/aromatic N) is 2. The SMILES string of the molecule is CCCCOc1cccc(C2C(C(=O)/C=C/c3ccccc3)=C(O)C(=O)N2c2nccs2)c1. The zero-order chi connectivity index (χ0) is 23.2. The quantitative estimate of drug-likeness (QED) is 0.337. The predicted molar refractivity (Wildman–Crippen MR) is 129 cm³/mol. The monoisotopic (exact) mass is 460 g/mol. The fraction of sp³-hybridized carbons (Fsp3) is 0.192. The Hall–Kier alpha value is -3.71. The van der Waals surface area contributed by atoms with Crippen LogP contribution in [0.2, 0.25) is 0 Å². The number of carbonyl (C=O) groups is 2. The van der Waals surface area contributed by atoms with Crippen molar-refractivity contribution in [2.75, 3.05) is 11.5 Å². The average molecular weight is 461 g/mol. The predicted octanol–water partition coefficient (Wildman–Crippen LogP) is 5.50. The van der Waals surface area contributed by atoms with E-state index in [0.717, 1.165) is 18.4 Å². The van der Waals surface area contributed by atoms with Crippen LogP contribution in [0.4, 0.5) is 5.13 Å². The molecule has 0 radical (unpaired) electrons. The van der Waals surface area contributed by atoms with Crippen molar-refractivity contribution in [3.05, 3.63) is 94.7 Å². The number of rotatable bonds is 9. The van der Waals surface area contributed by atoms with Crippen LogP contribution >= 0.6 is 11.3 Å². The van der Waals surface area contributed by atoms with Crippen LogP contribution in [0, 0.1) is 0 Å². The van der Waals surface area contributed by atoms with E-state index in [-0.39, 0.29) is 5.57 Å². The number of amides is 1. The van der Waals surface area contributed by atoms with Gasteiger partial charge in [0.15, 0.2) is 16.7 Å². The van der Waals surface area contributed by atoms with Gasteiger partial charge in [0.1, 0.15) is 5.75 Å². The number of aliphatic hydroxyl groups is 1. The van der Waals surface area contributed by atoms with Crippen molar-refractivity contribution < 1.29 is 19.4 Å². The molecule has 6 nitrogen and oxygen atoms in total. The summed E-state index contributed by atoms with van der Waals surface area (Å²) in [6.07, 6.45) is 6.57. The lowest BCUT2D eigenvalue weighted by Gasteiger charge is -2.24. The Morgan fingerprint density at radius 2 is 2.03 bits per heavy atom. The van der Waals surface area contributed by atoms with E-state index in [1.807, 2.05) is 48.5 Å². The van der Waals surface area contributed by atoms with Crippen LogP contribution in [0.1, 0.15) is 36.9 Å². The molecular weight excluding hydrogens is 436 g/mol. The van der Waals surface area contributed by atoms with Gasteiger partial charge in [-0.05, 0) is 35.8 Å². The van der Waals surface area contributed by atoms with Crippen LogP contribution in [0.3, 0.4) is 0 Å². The molecule has 0 saturated carbocycles. The Balaban J connectivity index is 1.72. The topological polar surface area (TPSA) is 79.7 Å². The molecule has 33 heavy (non-hydrogen) atoms. The van der Waals surface area contributed by atoms with E-state index in [1.54, 1.807) is 23.7 Å². The normalized spacial score (nSPS) is 16.1. The summed E-state index contributed by atoms with van der Waals surface area (Å²) in [7, 11) is 0. The van der Waals surface area contributed by atoms with E-state index in [1.165, 1.54) is 22.3 Å². The number of aliphatic hydroxyl groups excluding tert-OH is 1. The highest BCUT2D eigenvalue weighted by atomic mass is 32.1. The van der Waals surface area contributed by atoms with E-state index < -0.39 is 23.5 Å². The third-order valence-electron chi connectivity index (χ3n) is 5.27. The fourth-order valence-electron chi connectivity index (χ4n) is 3.64. The molecule has 168 valence electrons. The van der Waals surface area contributed by atoms with Gasteiger partial charge < -0.3 is 9.84 Å². The van der Waals surface area contributed by atoms with Gasteiger partial charge in [-0.25, -0.2) is 4.98 Å². The number of unbranched alkanes of at least 4 members (excludes halogenated alkanes) is 1. The summed E-state index contributed by atoms with van der Waals surface area (Å²) in [5.41, 5.74) is 1.52. The largest absolute Gasteiger partial charge is 0.503 e. The second kappa shape index (κ2) is 10.3. The maximum absolute atomic E-state index is 13.2. The third kappa shape index (κ3) is 4.88. The summed E-state index contributed by atoms with van der Waals surface area (Å²) in [4.78, 5) is 31.9. The van der Waals surface area contributed by atoms with Crippen molar-refractivity contribution in [3.63, 3.8) is 0 Å². The molecule has 7 heteroatoms. The zero-order valence-corrected chi connectivity index (χ0v) is 19.0. The lowest BCUT2D eigenvalue weighted by Crippen LogP contribution is -2.30. The van der Waals surface area contributed by atoms with Crippen LogP contribution in [0.25, 0.3) is 6.08 Å². The van der Waals surface area contributed by atoms with Gasteiger partial charge >= 0.3 is 0 Å². The first kappa shape index (κ1) is 22.5. The van der Waals surface area contributed by atoms with E-state index in [2.05, 4.69) is 11.9 Å². The van der Waals surface area contributed by atoms with E-state index in [9.17, 15) is 14.7 Å². The summed E-state index contributed by atoms with van der Waals surface area (Å²) >= 11 is 1.27. The molecule has 0 spiro atoms. The molecule has 1 amide bonds. The minimum atomic E-state index is -0.814. The summed E-state index contributed by atoms with van der Waals surface area (Å²) in [6.45, 7) is 2.66. The molecule has 0 aliphatic carbocycles. The average Bonchev–Trinajstić information content (AvgIpc) is 3.45. The molecule has 3 aromatic rings. The van der Waals surface area contributed by atoms with Crippen molar-refractivity contribution >= 4 is 34.2 Å². The molecule has 0 bridgehead atoms. The molecule has 1 N–H and O–H groups in total. The minimum absolute atomic E-state index is 0.0214. The van der Waals surface area contributed by atoms with Crippen molar-refractivity contribution in [2.45, 2.75) is 25.8 Å². The Bertz CT molecular complexity index is 1190. The number of thiazole rings is 1. The molecule has 1 aromatic heterocycles. The smallest absolute Gasteiger partial charge is 0.296 e. The van der Waals surface area contributed by atoms with Crippen molar-refractivity contribution in [2.24, 2.45) is 0 Å². The molecule has 4 rings (SSSR count). The van der Waals surface area contributed by atoms with Gasteiger partial charge in [0.05, 0.1) is 18.2 Å². The van der Waals surface area contributed by atoms with Crippen molar-refractivity contribution in [3.8, 4) is 5.75 Å². The van der Waals surface area contributed by atoms with E-state index in [0.29, 0.717) is 23.1 Å². The third-order valence-corrected chi connectivity index (χ3v) is 6.04. The van der Waals surface area contributed by atoms with E-state index >= 15 is 0 Å². The van der Waals surface area contributed by atoms with Crippen LogP contribution < -0.4 is 9.64 Å². The molecule has 1 aliphatic rings. The first-order valence-corrected chi connectivity index (χ1v) is 11.6. The number of hydrogen-bond donors (Lipinski definition) is 1. The van der Waals surface area contributed by atoms with Gasteiger partial charge in [0, 0.05) is 11.6 Å². The molecular formula is C26H24N2O4S. The van der Waals surface area contributed by atoms with Gasteiger partial charge in [0.25, 0.3) is 5.91 Å². The number of hydrogen-bond acceptors (Lipinski definition) is 6. The summed E-state index contributed by atoms with van der Waals surface area (Å²) < 4.78 is 5.83. The Morgan fingerprint density at radius 1 is 1.21 bits per heavy atom. The standard InChI is InChI=1S/C26H24N2O4S/c1-2-3-15-32-20-11-7-10-19(17-20)23-22(21(29)13-12-18-8-5-4-6-9-18)24(30)25(31)28(23)26-27-14-16-33-26/h4-14,16-17,23,30H,2-3,15H2,1H3/b13-12+. The van der Waals surface area contributed by atoms with Gasteiger partial charge in [-0.15, -0.1) is 11.3 Å². The van der Waals surface area contributed by atoms with E-state index in [4.69, 9.17) is 4.74 Å². The van der Waals surface area contributed by atoms with Gasteiger partial charge in [-0.2, -0.15) is 0 Å². The fourth-order valence-corrected chi connectivity index (χ4v) is 4.31. The van der Waals surface area contributed by atoms with Gasteiger partial charge in [-0.3, -0.25) is 14.5 Å². The maximum Gasteiger partial charge on any atom is 0.296 e. The number of carbonyl (C=O) groups excluding carboxylic acids is 2. The molecule has 2 heterocycles. The van der Waals surface area contributed by atoms with Crippen LogP contribution in [0.5, 0.6) is 5.75 Å². The summed E-state index contributed by atoms with van der Waals surface area (Å²) in [5, 5.41) is 12.9. The first-order chi connectivity index (χ1) is 16.1. The molecule has 0 fully saturated rings. The highest BCUT2D eigenvalue weighted by molar-refractivity contribution is 7.13. The number of allylic oxidation sites excluding steroid dienone is 1. The molecule has 2 aromatic carbocycles. The van der Waals surface area contributed by atoms with Crippen molar-refractivity contribution in [1.82, 2.24) is 4.98 Å². The van der Waals surface area contributed by atoms with Crippen LogP contribution in [-0.4, -0.2) is 28.4 Å². The Morgan fingerprint density at radius 3 is 2.76 bits per heavy atom. The van der Waals surface area contributed by atoms with Crippen LogP contribution in [-0.2, 0) is 9.59 Å². The summed E-state index contributed by atoms with van der Waals surface area (Å²) in [6, 6.07) is 15.8. The lowest BCUT2D eigenvalue weighted by molar-refractivity contribution is -0.117.